The molecule has 5 heteroatoms. The van der Waals surface area contributed by atoms with Crippen molar-refractivity contribution in [3.05, 3.63) is 39.8 Å². The number of aromatic nitrogens is 2. The summed E-state index contributed by atoms with van der Waals surface area (Å²) in [6, 6.07) is 6.81. The fraction of sp³-hybridized carbons (Fsp3) is 0.429. The summed E-state index contributed by atoms with van der Waals surface area (Å²) >= 11 is 1.78. The maximum atomic E-state index is 5.71. The lowest BCUT2D eigenvalue weighted by Gasteiger charge is -2.22. The van der Waals surface area contributed by atoms with Gasteiger partial charge in [-0.25, -0.2) is 9.97 Å². The highest BCUT2D eigenvalue weighted by Gasteiger charge is 2.31. The summed E-state index contributed by atoms with van der Waals surface area (Å²) in [4.78, 5) is 12.8. The average molecular weight is 274 g/mol. The molecule has 19 heavy (non-hydrogen) atoms. The second-order valence-corrected chi connectivity index (χ2v) is 5.98. The van der Waals surface area contributed by atoms with E-state index in [4.69, 9.17) is 5.73 Å². The number of anilines is 1. The lowest BCUT2D eigenvalue weighted by atomic mass is 10.3. The second-order valence-electron chi connectivity index (χ2n) is 4.94. The van der Waals surface area contributed by atoms with Crippen molar-refractivity contribution in [2.45, 2.75) is 38.9 Å². The Morgan fingerprint density at radius 3 is 2.89 bits per heavy atom. The monoisotopic (exact) mass is 274 g/mol. The largest absolute Gasteiger partial charge is 0.333 e. The number of hydrogen-bond acceptors (Lipinski definition) is 5. The fourth-order valence-electron chi connectivity index (χ4n) is 2.17. The molecule has 0 saturated heterocycles. The van der Waals surface area contributed by atoms with Crippen LogP contribution >= 0.6 is 11.3 Å². The Labute approximate surface area is 117 Å². The van der Waals surface area contributed by atoms with Gasteiger partial charge in [0.1, 0.15) is 0 Å². The van der Waals surface area contributed by atoms with Gasteiger partial charge in [0.2, 0.25) is 5.95 Å². The minimum Gasteiger partial charge on any atom is -0.333 e. The van der Waals surface area contributed by atoms with Crippen molar-refractivity contribution >= 4 is 17.3 Å². The summed E-state index contributed by atoms with van der Waals surface area (Å²) in [5, 5.41) is 2.11. The third kappa shape index (κ3) is 2.93. The van der Waals surface area contributed by atoms with Gasteiger partial charge in [-0.05, 0) is 37.3 Å². The van der Waals surface area contributed by atoms with Gasteiger partial charge in [0, 0.05) is 23.2 Å². The quantitative estimate of drug-likeness (QED) is 0.910. The van der Waals surface area contributed by atoms with Crippen LogP contribution in [0.15, 0.2) is 23.6 Å². The third-order valence-corrected chi connectivity index (χ3v) is 4.12. The Morgan fingerprint density at radius 2 is 2.26 bits per heavy atom. The van der Waals surface area contributed by atoms with Crippen molar-refractivity contribution in [3.8, 4) is 0 Å². The van der Waals surface area contributed by atoms with Crippen molar-refractivity contribution in [3.63, 3.8) is 0 Å². The molecule has 0 bridgehead atoms. The Kier molecular flexibility index (Phi) is 3.48. The van der Waals surface area contributed by atoms with E-state index in [0.717, 1.165) is 23.9 Å². The first-order valence-corrected chi connectivity index (χ1v) is 7.48. The molecule has 2 aromatic heterocycles. The molecule has 100 valence electrons. The molecule has 2 aromatic rings. The fourth-order valence-corrected chi connectivity index (χ4v) is 2.87. The summed E-state index contributed by atoms with van der Waals surface area (Å²) < 4.78 is 0. The molecule has 0 amide bonds. The van der Waals surface area contributed by atoms with Gasteiger partial charge in [0.15, 0.2) is 0 Å². The molecule has 0 aliphatic heterocycles. The Bertz CT molecular complexity index is 549. The first-order valence-electron chi connectivity index (χ1n) is 6.60. The lowest BCUT2D eigenvalue weighted by Crippen LogP contribution is -2.27. The molecule has 0 radical (unpaired) electrons. The van der Waals surface area contributed by atoms with Crippen LogP contribution in [0.5, 0.6) is 0 Å². The molecule has 0 aromatic carbocycles. The molecule has 2 heterocycles. The number of hydrogen-bond donors (Lipinski definition) is 1. The molecule has 2 N–H and O–H groups in total. The number of rotatable bonds is 5. The molecule has 0 unspecified atom stereocenters. The SMILES string of the molecule is Cc1cc(CN)nc(N(Cc2cccs2)C2CC2)n1. The standard InChI is InChI=1S/C14H18N4S/c1-10-7-11(8-15)17-14(16-10)18(12-4-5-12)9-13-3-2-6-19-13/h2-3,6-7,12H,4-5,8-9,15H2,1H3. The Hall–Kier alpha value is -1.46. The van der Waals surface area contributed by atoms with Gasteiger partial charge in [-0.2, -0.15) is 0 Å². The zero-order valence-electron chi connectivity index (χ0n) is 11.0. The van der Waals surface area contributed by atoms with Gasteiger partial charge in [0.05, 0.1) is 12.2 Å². The molecular weight excluding hydrogens is 256 g/mol. The predicted octanol–water partition coefficient (Wildman–Crippen LogP) is 2.47. The highest BCUT2D eigenvalue weighted by molar-refractivity contribution is 7.09. The van der Waals surface area contributed by atoms with Crippen molar-refractivity contribution in [1.82, 2.24) is 9.97 Å². The zero-order chi connectivity index (χ0) is 13.2. The Morgan fingerprint density at radius 1 is 1.42 bits per heavy atom. The average Bonchev–Trinajstić information content (AvgIpc) is 3.12. The molecule has 1 fully saturated rings. The van der Waals surface area contributed by atoms with E-state index in [0.29, 0.717) is 12.6 Å². The molecule has 1 aliphatic rings. The van der Waals surface area contributed by atoms with Crippen LogP contribution in [0.4, 0.5) is 5.95 Å². The number of aryl methyl sites for hydroxylation is 1. The molecular formula is C14H18N4S. The molecule has 4 nitrogen and oxygen atoms in total. The summed E-state index contributed by atoms with van der Waals surface area (Å²) in [5.41, 5.74) is 7.61. The normalized spacial score (nSPS) is 14.6. The van der Waals surface area contributed by atoms with Crippen molar-refractivity contribution in [1.29, 1.82) is 0 Å². The van der Waals surface area contributed by atoms with Gasteiger partial charge >= 0.3 is 0 Å². The summed E-state index contributed by atoms with van der Waals surface area (Å²) in [7, 11) is 0. The minimum atomic E-state index is 0.466. The van der Waals surface area contributed by atoms with Crippen molar-refractivity contribution in [2.24, 2.45) is 5.73 Å². The molecule has 1 aliphatic carbocycles. The summed E-state index contributed by atoms with van der Waals surface area (Å²) in [6.07, 6.45) is 2.47. The first-order chi connectivity index (χ1) is 9.26. The smallest absolute Gasteiger partial charge is 0.226 e. The molecule has 1 saturated carbocycles. The van der Waals surface area contributed by atoms with Gasteiger partial charge in [0.25, 0.3) is 0 Å². The second kappa shape index (κ2) is 5.27. The van der Waals surface area contributed by atoms with Crippen LogP contribution in [0, 0.1) is 6.92 Å². The van der Waals surface area contributed by atoms with Crippen LogP contribution in [0.25, 0.3) is 0 Å². The zero-order valence-corrected chi connectivity index (χ0v) is 11.9. The highest BCUT2D eigenvalue weighted by Crippen LogP contribution is 2.32. The van der Waals surface area contributed by atoms with Crippen LogP contribution in [-0.4, -0.2) is 16.0 Å². The summed E-state index contributed by atoms with van der Waals surface area (Å²) in [5.74, 6) is 0.830. The predicted molar refractivity (Wildman–Crippen MR) is 78.2 cm³/mol. The van der Waals surface area contributed by atoms with Crippen LogP contribution in [-0.2, 0) is 13.1 Å². The molecule has 0 spiro atoms. The maximum absolute atomic E-state index is 5.71. The Balaban J connectivity index is 1.89. The van der Waals surface area contributed by atoms with E-state index in [2.05, 4.69) is 32.4 Å². The summed E-state index contributed by atoms with van der Waals surface area (Å²) in [6.45, 7) is 3.37. The van der Waals surface area contributed by atoms with Gasteiger partial charge in [-0.15, -0.1) is 11.3 Å². The number of nitrogens with zero attached hydrogens (tertiary/aromatic N) is 3. The highest BCUT2D eigenvalue weighted by atomic mass is 32.1. The molecule has 3 rings (SSSR count). The van der Waals surface area contributed by atoms with E-state index in [1.165, 1.54) is 17.7 Å². The van der Waals surface area contributed by atoms with Crippen molar-refractivity contribution in [2.75, 3.05) is 4.90 Å². The van der Waals surface area contributed by atoms with Crippen LogP contribution in [0.1, 0.15) is 29.1 Å². The van der Waals surface area contributed by atoms with Gasteiger partial charge < -0.3 is 10.6 Å². The van der Waals surface area contributed by atoms with Gasteiger partial charge in [-0.1, -0.05) is 6.07 Å². The van der Waals surface area contributed by atoms with E-state index in [9.17, 15) is 0 Å². The minimum absolute atomic E-state index is 0.466. The van der Waals surface area contributed by atoms with E-state index >= 15 is 0 Å². The van der Waals surface area contributed by atoms with E-state index in [1.54, 1.807) is 11.3 Å². The van der Waals surface area contributed by atoms with E-state index < -0.39 is 0 Å². The van der Waals surface area contributed by atoms with Crippen LogP contribution in [0.3, 0.4) is 0 Å². The number of thiophene rings is 1. The van der Waals surface area contributed by atoms with Crippen LogP contribution in [0.2, 0.25) is 0 Å². The number of nitrogens with two attached hydrogens (primary N) is 1. The van der Waals surface area contributed by atoms with Crippen LogP contribution < -0.4 is 10.6 Å². The molecule has 0 atom stereocenters. The van der Waals surface area contributed by atoms with Gasteiger partial charge in [-0.3, -0.25) is 0 Å². The first kappa shape index (κ1) is 12.6. The maximum Gasteiger partial charge on any atom is 0.226 e. The third-order valence-electron chi connectivity index (χ3n) is 3.26. The topological polar surface area (TPSA) is 55.0 Å². The van der Waals surface area contributed by atoms with Crippen molar-refractivity contribution < 1.29 is 0 Å². The lowest BCUT2D eigenvalue weighted by molar-refractivity contribution is 0.753. The van der Waals surface area contributed by atoms with E-state index in [-0.39, 0.29) is 0 Å². The van der Waals surface area contributed by atoms with E-state index in [1.807, 2.05) is 13.0 Å².